The highest BCUT2D eigenvalue weighted by atomic mass is 16.6. The first-order chi connectivity index (χ1) is 20.1. The molecule has 4 aromatic carbocycles. The van der Waals surface area contributed by atoms with Crippen LogP contribution in [-0.4, -0.2) is 53.1 Å². The molecule has 3 aliphatic heterocycles. The average Bonchev–Trinajstić information content (AvgIpc) is 2.95. The fraction of sp³-hybridized carbons (Fsp3) is 0.226. The number of hydrogen-bond acceptors (Lipinski definition) is 11. The Morgan fingerprint density at radius 3 is 2.00 bits per heavy atom. The van der Waals surface area contributed by atoms with E-state index in [4.69, 9.17) is 14.2 Å². The molecule has 0 aliphatic carbocycles. The summed E-state index contributed by atoms with van der Waals surface area (Å²) in [7, 11) is 0. The Hall–Kier alpha value is -4.84. The van der Waals surface area contributed by atoms with Gasteiger partial charge in [-0.3, -0.25) is 0 Å². The zero-order valence-corrected chi connectivity index (χ0v) is 21.7. The van der Waals surface area contributed by atoms with Crippen molar-refractivity contribution in [3.63, 3.8) is 0 Å². The van der Waals surface area contributed by atoms with Gasteiger partial charge in [0.05, 0.1) is 6.61 Å². The van der Waals surface area contributed by atoms with Gasteiger partial charge in [0.1, 0.15) is 41.3 Å². The number of aliphatic hydroxyl groups is 2. The maximum absolute atomic E-state index is 11.9. The standard InChI is InChI=1S/C31H26O11/c32-14-2-4-16-21(9-14)41-29(12-1-6-18(34)19(35)7-12)28(39)24(16)25-23-13(8-20(36)27(25)38)11-40-31-26(37)17-5-3-15(33)10-22(17)42-30(23)31/h1-10,24,26,28-39H,11H2. The van der Waals surface area contributed by atoms with Gasteiger partial charge in [-0.1, -0.05) is 12.1 Å². The molecule has 8 N–H and O–H groups in total. The molecule has 6 atom stereocenters. The van der Waals surface area contributed by atoms with E-state index in [9.17, 15) is 40.9 Å². The zero-order valence-electron chi connectivity index (χ0n) is 21.7. The van der Waals surface area contributed by atoms with E-state index in [0.29, 0.717) is 27.8 Å². The number of phenols is 6. The second-order valence-corrected chi connectivity index (χ2v) is 10.7. The minimum absolute atomic E-state index is 0.0534. The lowest BCUT2D eigenvalue weighted by Crippen LogP contribution is -2.42. The minimum atomic E-state index is -1.44. The van der Waals surface area contributed by atoms with Gasteiger partial charge in [0.2, 0.25) is 0 Å². The van der Waals surface area contributed by atoms with Crippen molar-refractivity contribution in [2.75, 3.05) is 0 Å². The summed E-state index contributed by atoms with van der Waals surface area (Å²) in [5, 5.41) is 85.7. The second kappa shape index (κ2) is 9.35. The summed E-state index contributed by atoms with van der Waals surface area (Å²) in [6, 6.07) is 13.8. The van der Waals surface area contributed by atoms with Crippen LogP contribution in [0.4, 0.5) is 0 Å². The van der Waals surface area contributed by atoms with Crippen molar-refractivity contribution in [3.05, 3.63) is 94.0 Å². The van der Waals surface area contributed by atoms with Gasteiger partial charge in [0.15, 0.2) is 35.2 Å². The van der Waals surface area contributed by atoms with Gasteiger partial charge in [0, 0.05) is 40.3 Å². The van der Waals surface area contributed by atoms with Gasteiger partial charge in [-0.15, -0.1) is 0 Å². The van der Waals surface area contributed by atoms with E-state index in [-0.39, 0.29) is 40.9 Å². The molecule has 6 unspecified atom stereocenters. The molecule has 0 saturated carbocycles. The molecular weight excluding hydrogens is 548 g/mol. The average molecular weight is 575 g/mol. The van der Waals surface area contributed by atoms with Gasteiger partial charge in [-0.05, 0) is 47.5 Å². The molecule has 3 heterocycles. The predicted octanol–water partition coefficient (Wildman–Crippen LogP) is 3.61. The van der Waals surface area contributed by atoms with E-state index in [0.717, 1.165) is 0 Å². The van der Waals surface area contributed by atoms with Crippen LogP contribution in [0.3, 0.4) is 0 Å². The van der Waals surface area contributed by atoms with Crippen LogP contribution in [0.25, 0.3) is 0 Å². The van der Waals surface area contributed by atoms with Crippen molar-refractivity contribution >= 4 is 0 Å². The number of aliphatic hydroxyl groups excluding tert-OH is 2. The van der Waals surface area contributed by atoms with Crippen LogP contribution >= 0.6 is 0 Å². The lowest BCUT2D eigenvalue weighted by molar-refractivity contribution is -0.127. The van der Waals surface area contributed by atoms with Crippen molar-refractivity contribution < 1.29 is 55.1 Å². The lowest BCUT2D eigenvalue weighted by Gasteiger charge is -2.44. The molecule has 11 heteroatoms. The third-order valence-corrected chi connectivity index (χ3v) is 8.22. The van der Waals surface area contributed by atoms with E-state index < -0.39 is 53.7 Å². The van der Waals surface area contributed by atoms with E-state index in [1.54, 1.807) is 0 Å². The normalized spacial score (nSPS) is 25.7. The molecule has 0 radical (unpaired) electrons. The fourth-order valence-electron chi connectivity index (χ4n) is 6.28. The van der Waals surface area contributed by atoms with Crippen molar-refractivity contribution in [1.82, 2.24) is 0 Å². The maximum Gasteiger partial charge on any atom is 0.161 e. The lowest BCUT2D eigenvalue weighted by atomic mass is 9.74. The van der Waals surface area contributed by atoms with Gasteiger partial charge < -0.3 is 55.1 Å². The van der Waals surface area contributed by atoms with Crippen molar-refractivity contribution in [1.29, 1.82) is 0 Å². The van der Waals surface area contributed by atoms with Crippen LogP contribution in [0, 0.1) is 0 Å². The highest BCUT2D eigenvalue weighted by Crippen LogP contribution is 2.56. The highest BCUT2D eigenvalue weighted by Gasteiger charge is 2.49. The molecule has 0 bridgehead atoms. The van der Waals surface area contributed by atoms with E-state index in [1.165, 1.54) is 60.7 Å². The van der Waals surface area contributed by atoms with E-state index in [2.05, 4.69) is 0 Å². The predicted molar refractivity (Wildman–Crippen MR) is 144 cm³/mol. The highest BCUT2D eigenvalue weighted by molar-refractivity contribution is 5.62. The Morgan fingerprint density at radius 1 is 0.619 bits per heavy atom. The van der Waals surface area contributed by atoms with Crippen LogP contribution in [0.1, 0.15) is 57.6 Å². The Morgan fingerprint density at radius 2 is 1.29 bits per heavy atom. The number of aromatic hydroxyl groups is 6. The first kappa shape index (κ1) is 26.1. The summed E-state index contributed by atoms with van der Waals surface area (Å²) in [6.45, 7) is -0.0534. The first-order valence-corrected chi connectivity index (χ1v) is 13.2. The van der Waals surface area contributed by atoms with Gasteiger partial charge in [-0.25, -0.2) is 0 Å². The van der Waals surface area contributed by atoms with E-state index in [1.807, 2.05) is 0 Å². The minimum Gasteiger partial charge on any atom is -0.508 e. The molecule has 0 amide bonds. The number of benzene rings is 4. The summed E-state index contributed by atoms with van der Waals surface area (Å²) in [5.41, 5.74) is 1.97. The molecule has 216 valence electrons. The SMILES string of the molecule is Oc1ccc2c(c1)OC1c3c(cc(O)c(O)c3C3c4ccc(O)cc4OC(c4ccc(O)c(O)c4)C3O)COC1C2O. The van der Waals surface area contributed by atoms with Crippen molar-refractivity contribution in [3.8, 4) is 46.0 Å². The number of rotatable bonds is 2. The Bertz CT molecular complexity index is 1730. The van der Waals surface area contributed by atoms with Gasteiger partial charge in [-0.2, -0.15) is 0 Å². The Kier molecular flexibility index (Phi) is 5.80. The van der Waals surface area contributed by atoms with Gasteiger partial charge in [0.25, 0.3) is 0 Å². The number of hydrogen-bond donors (Lipinski definition) is 8. The van der Waals surface area contributed by atoms with Crippen LogP contribution in [0.15, 0.2) is 60.7 Å². The second-order valence-electron chi connectivity index (χ2n) is 10.7. The molecule has 4 aromatic rings. The summed E-state index contributed by atoms with van der Waals surface area (Å²) in [6.07, 6.45) is -5.70. The number of fused-ring (bicyclic) bond motifs is 5. The van der Waals surface area contributed by atoms with E-state index >= 15 is 0 Å². The van der Waals surface area contributed by atoms with Crippen LogP contribution in [0.5, 0.6) is 46.0 Å². The molecule has 3 aliphatic rings. The molecule has 0 fully saturated rings. The summed E-state index contributed by atoms with van der Waals surface area (Å²) in [4.78, 5) is 0. The van der Waals surface area contributed by atoms with Crippen LogP contribution in [-0.2, 0) is 11.3 Å². The third kappa shape index (κ3) is 3.86. The molecular formula is C31H26O11. The number of phenolic OH excluding ortho intramolecular Hbond substituents is 6. The molecule has 0 spiro atoms. The molecule has 7 rings (SSSR count). The zero-order chi connectivity index (χ0) is 29.4. The largest absolute Gasteiger partial charge is 0.508 e. The molecule has 0 saturated heterocycles. The summed E-state index contributed by atoms with van der Waals surface area (Å²) in [5.74, 6) is -2.74. The molecule has 11 nitrogen and oxygen atoms in total. The van der Waals surface area contributed by atoms with Crippen LogP contribution in [0.2, 0.25) is 0 Å². The topological polar surface area (TPSA) is 190 Å². The molecule has 42 heavy (non-hydrogen) atoms. The Balaban J connectivity index is 1.44. The van der Waals surface area contributed by atoms with Crippen LogP contribution < -0.4 is 9.47 Å². The monoisotopic (exact) mass is 574 g/mol. The summed E-state index contributed by atoms with van der Waals surface area (Å²) >= 11 is 0. The maximum atomic E-state index is 11.9. The third-order valence-electron chi connectivity index (χ3n) is 8.22. The summed E-state index contributed by atoms with van der Waals surface area (Å²) < 4.78 is 18.3. The van der Waals surface area contributed by atoms with Crippen molar-refractivity contribution in [2.45, 2.75) is 43.0 Å². The quantitative estimate of drug-likeness (QED) is 0.163. The number of ether oxygens (including phenoxy) is 3. The smallest absolute Gasteiger partial charge is 0.161 e. The van der Waals surface area contributed by atoms with Gasteiger partial charge >= 0.3 is 0 Å². The molecule has 0 aromatic heterocycles. The first-order valence-electron chi connectivity index (χ1n) is 13.2. The fourth-order valence-corrected chi connectivity index (χ4v) is 6.28. The van der Waals surface area contributed by atoms with Crippen molar-refractivity contribution in [2.24, 2.45) is 0 Å². The Labute approximate surface area is 238 Å².